The van der Waals surface area contributed by atoms with E-state index in [0.29, 0.717) is 11.3 Å². The van der Waals surface area contributed by atoms with Crippen LogP contribution >= 0.6 is 0 Å². The highest BCUT2D eigenvalue weighted by Gasteiger charge is 2.20. The summed E-state index contributed by atoms with van der Waals surface area (Å²) in [5.41, 5.74) is 7.93. The van der Waals surface area contributed by atoms with Crippen molar-refractivity contribution in [2.75, 3.05) is 45.3 Å². The van der Waals surface area contributed by atoms with Gasteiger partial charge in [0.25, 0.3) is 5.91 Å². The average Bonchev–Trinajstić information content (AvgIpc) is 2.34. The van der Waals surface area contributed by atoms with E-state index < -0.39 is 0 Å². The van der Waals surface area contributed by atoms with Crippen molar-refractivity contribution in [3.05, 3.63) is 23.8 Å². The molecule has 0 saturated carbocycles. The molecule has 0 heterocycles. The van der Waals surface area contributed by atoms with Gasteiger partial charge in [-0.15, -0.1) is 0 Å². The smallest absolute Gasteiger partial charge is 0.253 e. The van der Waals surface area contributed by atoms with Crippen LogP contribution in [-0.4, -0.2) is 45.0 Å². The van der Waals surface area contributed by atoms with E-state index in [1.807, 2.05) is 0 Å². The Bertz CT molecular complexity index is 469. The van der Waals surface area contributed by atoms with Crippen LogP contribution in [0.15, 0.2) is 18.2 Å². The van der Waals surface area contributed by atoms with Crippen molar-refractivity contribution in [2.24, 2.45) is 5.41 Å². The van der Waals surface area contributed by atoms with E-state index >= 15 is 0 Å². The first-order chi connectivity index (χ1) is 9.25. The number of hydrogen-bond acceptors (Lipinski definition) is 4. The molecule has 0 atom stereocenters. The molecule has 1 aromatic rings. The summed E-state index contributed by atoms with van der Waals surface area (Å²) in [4.78, 5) is 14.0. The normalized spacial score (nSPS) is 11.5. The molecule has 0 unspecified atom stereocenters. The van der Waals surface area contributed by atoms with Gasteiger partial charge >= 0.3 is 0 Å². The molecule has 5 nitrogen and oxygen atoms in total. The van der Waals surface area contributed by atoms with E-state index in [4.69, 9.17) is 5.73 Å². The highest BCUT2D eigenvalue weighted by atomic mass is 16.1. The van der Waals surface area contributed by atoms with Crippen molar-refractivity contribution in [1.82, 2.24) is 10.2 Å². The highest BCUT2D eigenvalue weighted by Crippen LogP contribution is 2.22. The van der Waals surface area contributed by atoms with Crippen molar-refractivity contribution < 1.29 is 4.79 Å². The fourth-order valence-electron chi connectivity index (χ4n) is 2.29. The molecule has 5 heteroatoms. The van der Waals surface area contributed by atoms with Gasteiger partial charge in [0.15, 0.2) is 0 Å². The lowest BCUT2D eigenvalue weighted by molar-refractivity contribution is 0.0964. The first-order valence-electron chi connectivity index (χ1n) is 6.75. The molecule has 1 amide bonds. The van der Waals surface area contributed by atoms with Crippen molar-refractivity contribution in [2.45, 2.75) is 13.8 Å². The fourth-order valence-corrected chi connectivity index (χ4v) is 2.29. The van der Waals surface area contributed by atoms with E-state index in [-0.39, 0.29) is 11.3 Å². The van der Waals surface area contributed by atoms with Crippen LogP contribution in [0, 0.1) is 5.41 Å². The second-order valence-electron chi connectivity index (χ2n) is 6.14. The van der Waals surface area contributed by atoms with Gasteiger partial charge in [0, 0.05) is 31.5 Å². The Morgan fingerprint density at radius 2 is 2.00 bits per heavy atom. The summed E-state index contributed by atoms with van der Waals surface area (Å²) < 4.78 is 0. The zero-order chi connectivity index (χ0) is 15.3. The number of rotatable bonds is 6. The molecule has 0 fully saturated rings. The Morgan fingerprint density at radius 3 is 2.55 bits per heavy atom. The topological polar surface area (TPSA) is 70.4 Å². The molecule has 1 rings (SSSR count). The Labute approximate surface area is 121 Å². The molecule has 112 valence electrons. The Balaban J connectivity index is 2.86. The molecule has 0 aliphatic heterocycles. The number of nitrogens with zero attached hydrogens (tertiary/aromatic N) is 1. The first kappa shape index (κ1) is 16.3. The van der Waals surface area contributed by atoms with Gasteiger partial charge in [-0.05, 0) is 37.7 Å². The third-order valence-corrected chi connectivity index (χ3v) is 3.02. The second kappa shape index (κ2) is 6.61. The van der Waals surface area contributed by atoms with E-state index in [1.165, 1.54) is 0 Å². The second-order valence-corrected chi connectivity index (χ2v) is 6.14. The number of carbonyl (C=O) groups is 1. The monoisotopic (exact) mass is 278 g/mol. The summed E-state index contributed by atoms with van der Waals surface area (Å²) in [6.07, 6.45) is 0. The van der Waals surface area contributed by atoms with Crippen LogP contribution in [0.4, 0.5) is 11.4 Å². The molecular weight excluding hydrogens is 252 g/mol. The third-order valence-electron chi connectivity index (χ3n) is 3.02. The lowest BCUT2D eigenvalue weighted by Crippen LogP contribution is -2.34. The Morgan fingerprint density at radius 1 is 1.35 bits per heavy atom. The molecule has 1 aromatic carbocycles. The quantitative estimate of drug-likeness (QED) is 0.692. The van der Waals surface area contributed by atoms with Gasteiger partial charge in [0.05, 0.1) is 5.56 Å². The predicted octanol–water partition coefficient (Wildman–Crippen LogP) is 1.63. The van der Waals surface area contributed by atoms with Crippen molar-refractivity contribution >= 4 is 17.3 Å². The SMILES string of the molecule is CNC(=O)c1ccc(N)cc1NCC(C)(C)CN(C)C. The van der Waals surface area contributed by atoms with E-state index in [1.54, 1.807) is 25.2 Å². The minimum absolute atomic E-state index is 0.0913. The largest absolute Gasteiger partial charge is 0.399 e. The lowest BCUT2D eigenvalue weighted by atomic mass is 9.92. The number of nitrogens with one attached hydrogen (secondary N) is 2. The molecule has 0 aromatic heterocycles. The Kier molecular flexibility index (Phi) is 5.39. The molecule has 0 saturated heterocycles. The minimum Gasteiger partial charge on any atom is -0.399 e. The zero-order valence-electron chi connectivity index (χ0n) is 13.1. The highest BCUT2D eigenvalue weighted by molar-refractivity contribution is 6.00. The molecule has 0 bridgehead atoms. The predicted molar refractivity (Wildman–Crippen MR) is 85.1 cm³/mol. The summed E-state index contributed by atoms with van der Waals surface area (Å²) in [7, 11) is 5.73. The summed E-state index contributed by atoms with van der Waals surface area (Å²) >= 11 is 0. The minimum atomic E-state index is -0.113. The molecule has 0 radical (unpaired) electrons. The van der Waals surface area contributed by atoms with E-state index in [9.17, 15) is 4.79 Å². The molecule has 0 spiro atoms. The zero-order valence-corrected chi connectivity index (χ0v) is 13.1. The van der Waals surface area contributed by atoms with Gasteiger partial charge in [-0.2, -0.15) is 0 Å². The molecule has 0 aliphatic rings. The van der Waals surface area contributed by atoms with E-state index in [0.717, 1.165) is 18.8 Å². The van der Waals surface area contributed by atoms with E-state index in [2.05, 4.69) is 43.5 Å². The third kappa shape index (κ3) is 4.74. The van der Waals surface area contributed by atoms with Crippen molar-refractivity contribution in [1.29, 1.82) is 0 Å². The number of anilines is 2. The first-order valence-corrected chi connectivity index (χ1v) is 6.75. The average molecular weight is 278 g/mol. The molecule has 20 heavy (non-hydrogen) atoms. The van der Waals surface area contributed by atoms with Crippen molar-refractivity contribution in [3.8, 4) is 0 Å². The fraction of sp³-hybridized carbons (Fsp3) is 0.533. The van der Waals surface area contributed by atoms with Gasteiger partial charge in [-0.25, -0.2) is 0 Å². The maximum absolute atomic E-state index is 11.8. The lowest BCUT2D eigenvalue weighted by Gasteiger charge is -2.29. The van der Waals surface area contributed by atoms with Crippen LogP contribution in [0.3, 0.4) is 0 Å². The molecular formula is C15H26N4O. The van der Waals surface area contributed by atoms with Crippen molar-refractivity contribution in [3.63, 3.8) is 0 Å². The van der Waals surface area contributed by atoms with Gasteiger partial charge in [0.1, 0.15) is 0 Å². The van der Waals surface area contributed by atoms with Gasteiger partial charge < -0.3 is 21.3 Å². The standard InChI is InChI=1S/C15H26N4O/c1-15(2,10-19(4)5)9-18-13-8-11(16)6-7-12(13)14(20)17-3/h6-8,18H,9-10,16H2,1-5H3,(H,17,20). The van der Waals surface area contributed by atoms with Crippen LogP contribution < -0.4 is 16.4 Å². The number of hydrogen-bond donors (Lipinski definition) is 3. The van der Waals surface area contributed by atoms with Crippen LogP contribution in [0.2, 0.25) is 0 Å². The van der Waals surface area contributed by atoms with Gasteiger partial charge in [-0.3, -0.25) is 4.79 Å². The number of amides is 1. The van der Waals surface area contributed by atoms with Crippen LogP contribution in [-0.2, 0) is 0 Å². The maximum atomic E-state index is 11.8. The summed E-state index contributed by atoms with van der Waals surface area (Å²) in [5, 5.41) is 5.99. The summed E-state index contributed by atoms with van der Waals surface area (Å²) in [6, 6.07) is 5.28. The maximum Gasteiger partial charge on any atom is 0.253 e. The number of nitrogens with two attached hydrogens (primary N) is 1. The molecule has 0 aliphatic carbocycles. The Hall–Kier alpha value is -1.75. The van der Waals surface area contributed by atoms with Crippen LogP contribution in [0.5, 0.6) is 0 Å². The number of carbonyl (C=O) groups excluding carboxylic acids is 1. The number of nitrogen functional groups attached to an aromatic ring is 1. The van der Waals surface area contributed by atoms with Gasteiger partial charge in [0.2, 0.25) is 0 Å². The number of benzene rings is 1. The van der Waals surface area contributed by atoms with Crippen LogP contribution in [0.25, 0.3) is 0 Å². The molecule has 4 N–H and O–H groups in total. The van der Waals surface area contributed by atoms with Crippen LogP contribution in [0.1, 0.15) is 24.2 Å². The summed E-state index contributed by atoms with van der Waals surface area (Å²) in [5.74, 6) is -0.113. The van der Waals surface area contributed by atoms with Gasteiger partial charge in [-0.1, -0.05) is 13.8 Å². The summed E-state index contributed by atoms with van der Waals surface area (Å²) in [6.45, 7) is 6.09.